The van der Waals surface area contributed by atoms with Gasteiger partial charge in [0.05, 0.1) is 11.1 Å². The quantitative estimate of drug-likeness (QED) is 0.143. The molecule has 8 nitrogen and oxygen atoms in total. The van der Waals surface area contributed by atoms with Gasteiger partial charge in [-0.05, 0) is 88.8 Å². The van der Waals surface area contributed by atoms with Crippen molar-refractivity contribution in [2.75, 3.05) is 36.0 Å². The molecule has 8 heteroatoms. The van der Waals surface area contributed by atoms with Crippen molar-refractivity contribution in [1.29, 1.82) is 0 Å². The average molecular weight is 825 g/mol. The van der Waals surface area contributed by atoms with E-state index in [4.69, 9.17) is 18.9 Å². The minimum Gasteiger partial charge on any atom is -0.456 e. The van der Waals surface area contributed by atoms with Gasteiger partial charge in [0.2, 0.25) is 0 Å². The lowest BCUT2D eigenvalue weighted by Gasteiger charge is -2.51. The van der Waals surface area contributed by atoms with Crippen LogP contribution in [-0.2, 0) is 42.3 Å². The van der Waals surface area contributed by atoms with Crippen LogP contribution in [0.1, 0.15) is 157 Å². The van der Waals surface area contributed by atoms with Crippen molar-refractivity contribution in [3.63, 3.8) is 0 Å². The molecule has 314 valence electrons. The normalized spacial score (nSPS) is 26.1. The second-order valence-electron chi connectivity index (χ2n) is 21.8. The first-order chi connectivity index (χ1) is 29.5. The van der Waals surface area contributed by atoms with Gasteiger partial charge in [0, 0.05) is 88.1 Å². The van der Waals surface area contributed by atoms with Gasteiger partial charge in [0.1, 0.15) is 23.0 Å². The molecule has 2 spiro atoms. The molecular weight excluding hydrogens is 773 g/mol. The summed E-state index contributed by atoms with van der Waals surface area (Å²) >= 11 is 0. The summed E-state index contributed by atoms with van der Waals surface area (Å²) in [6, 6.07) is 24.3. The zero-order chi connectivity index (χ0) is 42.7. The average Bonchev–Trinajstić information content (AvgIpc) is 3.69. The zero-order valence-electron chi connectivity index (χ0n) is 36.9. The van der Waals surface area contributed by atoms with E-state index < -0.39 is 11.2 Å². The van der Waals surface area contributed by atoms with E-state index in [1.54, 1.807) is 0 Å². The van der Waals surface area contributed by atoms with Crippen LogP contribution in [-0.4, -0.2) is 38.1 Å². The molecule has 0 saturated heterocycles. The highest BCUT2D eigenvalue weighted by Gasteiger charge is 2.61. The SMILES string of the molecule is CC1(C)CCN2CCC(C)(C)c3c4c(cc1c32)[C@@]1(OC(=O)c2ccccc21)c1cc2c(cc1O4)Oc1c(cc3c4c1C(C)(C)CCN4CCC3(C)C)[C@@]21OC(=O)c2ccccc21. The Hall–Kier alpha value is -5.76. The molecule has 0 aliphatic carbocycles. The van der Waals surface area contributed by atoms with Crippen LogP contribution in [0.5, 0.6) is 23.0 Å². The van der Waals surface area contributed by atoms with Crippen molar-refractivity contribution in [2.24, 2.45) is 0 Å². The Morgan fingerprint density at radius 1 is 0.435 bits per heavy atom. The summed E-state index contributed by atoms with van der Waals surface area (Å²) in [6.07, 6.45) is 3.94. The van der Waals surface area contributed by atoms with Crippen molar-refractivity contribution in [2.45, 2.75) is 114 Å². The smallest absolute Gasteiger partial charge is 0.340 e. The standard InChI is InChI=1S/C54H52N2O6/c1-49(2)17-21-55-23-19-51(5,6)41-43(55)35(49)26-37-45(41)59-39-28-40-34(25-33(39)53(37)31-15-11-9-13-29(31)47(57)61-53)54(32-16-12-10-14-30(32)48(58)62-54)38-27-36-44-42(46(38)60-40)52(7,8)20-24-56(44)22-18-50(36,3)4/h9-16,25-28H,17-24H2,1-8H3/t53-,54-/m0/s1. The number of ether oxygens (including phenoxy) is 4. The van der Waals surface area contributed by atoms with Gasteiger partial charge in [-0.3, -0.25) is 0 Å². The maximum absolute atomic E-state index is 14.4. The lowest BCUT2D eigenvalue weighted by atomic mass is 9.65. The largest absolute Gasteiger partial charge is 0.456 e. The molecular formula is C54H52N2O6. The minimum absolute atomic E-state index is 0.136. The highest BCUT2D eigenvalue weighted by molar-refractivity contribution is 5.99. The summed E-state index contributed by atoms with van der Waals surface area (Å²) < 4.78 is 28.8. The van der Waals surface area contributed by atoms with Crippen LogP contribution in [0.3, 0.4) is 0 Å². The Morgan fingerprint density at radius 2 is 0.806 bits per heavy atom. The Bertz CT molecular complexity index is 2760. The Kier molecular flexibility index (Phi) is 6.68. The molecule has 62 heavy (non-hydrogen) atoms. The zero-order valence-corrected chi connectivity index (χ0v) is 36.9. The van der Waals surface area contributed by atoms with Crippen molar-refractivity contribution in [1.82, 2.24) is 0 Å². The van der Waals surface area contributed by atoms with E-state index in [-0.39, 0.29) is 33.6 Å². The lowest BCUT2D eigenvalue weighted by Crippen LogP contribution is -2.46. The maximum Gasteiger partial charge on any atom is 0.340 e. The predicted octanol–water partition coefficient (Wildman–Crippen LogP) is 11.2. The van der Waals surface area contributed by atoms with E-state index in [1.165, 1.54) is 22.5 Å². The molecule has 0 amide bonds. The third kappa shape index (κ3) is 4.25. The van der Waals surface area contributed by atoms with Gasteiger partial charge in [0.25, 0.3) is 0 Å². The minimum atomic E-state index is -1.36. The van der Waals surface area contributed by atoms with Gasteiger partial charge in [0.15, 0.2) is 11.2 Å². The van der Waals surface area contributed by atoms with Crippen molar-refractivity contribution < 1.29 is 28.5 Å². The highest BCUT2D eigenvalue weighted by Crippen LogP contribution is 2.67. The maximum atomic E-state index is 14.4. The van der Waals surface area contributed by atoms with E-state index in [9.17, 15) is 9.59 Å². The molecule has 13 rings (SSSR count). The summed E-state index contributed by atoms with van der Waals surface area (Å²) in [5, 5.41) is 0. The Labute approximate surface area is 363 Å². The summed E-state index contributed by atoms with van der Waals surface area (Å²) in [5.41, 5.74) is 9.52. The number of rotatable bonds is 0. The number of carbonyl (C=O) groups excluding carboxylic acids is 2. The second kappa shape index (κ2) is 11.2. The van der Waals surface area contributed by atoms with Crippen LogP contribution in [0, 0.1) is 0 Å². The molecule has 8 heterocycles. The highest BCUT2D eigenvalue weighted by atomic mass is 16.6. The first kappa shape index (κ1) is 36.9. The molecule has 8 aliphatic heterocycles. The summed E-state index contributed by atoms with van der Waals surface area (Å²) in [7, 11) is 0. The van der Waals surface area contributed by atoms with Gasteiger partial charge < -0.3 is 28.7 Å². The molecule has 5 aromatic carbocycles. The van der Waals surface area contributed by atoms with E-state index >= 15 is 0 Å². The van der Waals surface area contributed by atoms with Gasteiger partial charge in [-0.15, -0.1) is 0 Å². The number of fused-ring (bicyclic) bond motifs is 14. The number of hydrogen-bond donors (Lipinski definition) is 0. The summed E-state index contributed by atoms with van der Waals surface area (Å²) in [5.74, 6) is 1.86. The molecule has 8 aliphatic rings. The summed E-state index contributed by atoms with van der Waals surface area (Å²) in [4.78, 5) is 33.9. The topological polar surface area (TPSA) is 77.5 Å². The Balaban J connectivity index is 1.16. The van der Waals surface area contributed by atoms with Gasteiger partial charge in [-0.1, -0.05) is 91.8 Å². The molecule has 0 saturated carbocycles. The molecule has 0 bridgehead atoms. The third-order valence-corrected chi connectivity index (χ3v) is 16.5. The monoisotopic (exact) mass is 824 g/mol. The lowest BCUT2D eigenvalue weighted by molar-refractivity contribution is 0.0206. The van der Waals surface area contributed by atoms with E-state index in [2.05, 4.69) is 83.4 Å². The van der Waals surface area contributed by atoms with Crippen LogP contribution in [0.2, 0.25) is 0 Å². The fraction of sp³-hybridized carbons (Fsp3) is 0.407. The second-order valence-corrected chi connectivity index (χ2v) is 21.8. The first-order valence-electron chi connectivity index (χ1n) is 22.6. The first-order valence-corrected chi connectivity index (χ1v) is 22.6. The third-order valence-electron chi connectivity index (χ3n) is 16.5. The van der Waals surface area contributed by atoms with Gasteiger partial charge >= 0.3 is 11.9 Å². The van der Waals surface area contributed by atoms with Crippen LogP contribution >= 0.6 is 0 Å². The van der Waals surface area contributed by atoms with Crippen LogP contribution < -0.4 is 19.3 Å². The fourth-order valence-corrected chi connectivity index (χ4v) is 12.9. The van der Waals surface area contributed by atoms with E-state index in [1.807, 2.05) is 54.6 Å². The van der Waals surface area contributed by atoms with Crippen molar-refractivity contribution >= 4 is 23.3 Å². The van der Waals surface area contributed by atoms with Crippen LogP contribution in [0.15, 0.2) is 72.8 Å². The molecule has 0 N–H and O–H groups in total. The number of esters is 2. The van der Waals surface area contributed by atoms with Crippen LogP contribution in [0.25, 0.3) is 0 Å². The summed E-state index contributed by atoms with van der Waals surface area (Å²) in [6.45, 7) is 22.5. The molecule has 0 aromatic heterocycles. The Morgan fingerprint density at radius 3 is 1.23 bits per heavy atom. The van der Waals surface area contributed by atoms with E-state index in [0.717, 1.165) is 96.7 Å². The predicted molar refractivity (Wildman–Crippen MR) is 238 cm³/mol. The molecule has 0 fully saturated rings. The molecule has 0 unspecified atom stereocenters. The number of hydrogen-bond acceptors (Lipinski definition) is 8. The molecule has 2 atom stereocenters. The molecule has 0 radical (unpaired) electrons. The van der Waals surface area contributed by atoms with Crippen LogP contribution in [0.4, 0.5) is 11.4 Å². The number of nitrogens with zero attached hydrogens (tertiary/aromatic N) is 2. The number of carbonyl (C=O) groups is 2. The number of benzene rings is 5. The van der Waals surface area contributed by atoms with Gasteiger partial charge in [-0.25, -0.2) is 9.59 Å². The molecule has 5 aromatic rings. The number of anilines is 2. The van der Waals surface area contributed by atoms with Crippen molar-refractivity contribution in [3.8, 4) is 23.0 Å². The van der Waals surface area contributed by atoms with Gasteiger partial charge in [-0.2, -0.15) is 0 Å². The van der Waals surface area contributed by atoms with Crippen molar-refractivity contribution in [3.05, 3.63) is 140 Å². The van der Waals surface area contributed by atoms with E-state index in [0.29, 0.717) is 33.8 Å². The fourth-order valence-electron chi connectivity index (χ4n) is 12.9.